The number of anilines is 2. The van der Waals surface area contributed by atoms with E-state index in [9.17, 15) is 9.90 Å². The fourth-order valence-corrected chi connectivity index (χ4v) is 2.04. The molecule has 4 heteroatoms. The van der Waals surface area contributed by atoms with Crippen molar-refractivity contribution in [3.05, 3.63) is 18.2 Å². The third kappa shape index (κ3) is 2.27. The highest BCUT2D eigenvalue weighted by Gasteiger charge is 2.16. The summed E-state index contributed by atoms with van der Waals surface area (Å²) in [5.74, 6) is 0.141. The highest BCUT2D eigenvalue weighted by molar-refractivity contribution is 5.93. The Bertz CT molecular complexity index is 398. The molecular formula is C12H16N2O2. The van der Waals surface area contributed by atoms with Crippen LogP contribution in [0.25, 0.3) is 0 Å². The molecule has 1 heterocycles. The molecule has 0 bridgehead atoms. The SMILES string of the molecule is CC(=O)Nc1ccc(O)cc1N1CCCC1. The number of nitrogens with one attached hydrogen (secondary N) is 1. The number of hydrogen-bond donors (Lipinski definition) is 2. The molecule has 1 saturated heterocycles. The van der Waals surface area contributed by atoms with Gasteiger partial charge < -0.3 is 15.3 Å². The second kappa shape index (κ2) is 4.43. The lowest BCUT2D eigenvalue weighted by Gasteiger charge is -2.21. The Morgan fingerprint density at radius 1 is 1.38 bits per heavy atom. The minimum absolute atomic E-state index is 0.0915. The molecule has 0 atom stereocenters. The Balaban J connectivity index is 2.31. The van der Waals surface area contributed by atoms with Gasteiger partial charge in [0.15, 0.2) is 0 Å². The average molecular weight is 220 g/mol. The molecule has 1 fully saturated rings. The number of amides is 1. The highest BCUT2D eigenvalue weighted by atomic mass is 16.3. The maximum atomic E-state index is 11.1. The van der Waals surface area contributed by atoms with Crippen LogP contribution in [-0.4, -0.2) is 24.1 Å². The summed E-state index contributed by atoms with van der Waals surface area (Å²) in [7, 11) is 0. The molecule has 86 valence electrons. The summed E-state index contributed by atoms with van der Waals surface area (Å²) in [6, 6.07) is 5.03. The van der Waals surface area contributed by atoms with E-state index < -0.39 is 0 Å². The average Bonchev–Trinajstić information content (AvgIpc) is 2.73. The summed E-state index contributed by atoms with van der Waals surface area (Å²) in [6.07, 6.45) is 2.32. The zero-order valence-electron chi connectivity index (χ0n) is 9.36. The predicted octanol–water partition coefficient (Wildman–Crippen LogP) is 1.95. The van der Waals surface area contributed by atoms with Crippen LogP contribution in [0.3, 0.4) is 0 Å². The number of aromatic hydroxyl groups is 1. The van der Waals surface area contributed by atoms with Crippen molar-refractivity contribution in [1.29, 1.82) is 0 Å². The van der Waals surface area contributed by atoms with Gasteiger partial charge in [0, 0.05) is 26.1 Å². The van der Waals surface area contributed by atoms with E-state index in [4.69, 9.17) is 0 Å². The van der Waals surface area contributed by atoms with Crippen LogP contribution in [0.15, 0.2) is 18.2 Å². The summed E-state index contributed by atoms with van der Waals surface area (Å²) < 4.78 is 0. The number of rotatable bonds is 2. The minimum Gasteiger partial charge on any atom is -0.508 e. The van der Waals surface area contributed by atoms with E-state index in [0.29, 0.717) is 0 Å². The third-order valence-electron chi connectivity index (χ3n) is 2.74. The Kier molecular flexibility index (Phi) is 2.99. The van der Waals surface area contributed by atoms with Crippen LogP contribution in [0.1, 0.15) is 19.8 Å². The molecule has 2 rings (SSSR count). The van der Waals surface area contributed by atoms with Crippen LogP contribution in [0.4, 0.5) is 11.4 Å². The van der Waals surface area contributed by atoms with Crippen molar-refractivity contribution >= 4 is 17.3 Å². The van der Waals surface area contributed by atoms with Gasteiger partial charge in [0.2, 0.25) is 5.91 Å². The lowest BCUT2D eigenvalue weighted by atomic mass is 10.2. The molecule has 1 aliphatic heterocycles. The molecule has 0 aliphatic carbocycles. The Hall–Kier alpha value is -1.71. The molecule has 0 saturated carbocycles. The van der Waals surface area contributed by atoms with Gasteiger partial charge in [0.25, 0.3) is 0 Å². The van der Waals surface area contributed by atoms with Crippen LogP contribution in [0.2, 0.25) is 0 Å². The van der Waals surface area contributed by atoms with Crippen molar-refractivity contribution in [2.75, 3.05) is 23.3 Å². The molecule has 1 aliphatic rings. The summed E-state index contributed by atoms with van der Waals surface area (Å²) in [5.41, 5.74) is 1.68. The smallest absolute Gasteiger partial charge is 0.221 e. The van der Waals surface area contributed by atoms with Gasteiger partial charge in [-0.1, -0.05) is 0 Å². The first kappa shape index (κ1) is 10.8. The molecule has 1 amide bonds. The first-order chi connectivity index (χ1) is 7.66. The summed E-state index contributed by atoms with van der Waals surface area (Å²) >= 11 is 0. The Morgan fingerprint density at radius 3 is 2.69 bits per heavy atom. The van der Waals surface area contributed by atoms with Crippen LogP contribution in [0.5, 0.6) is 5.75 Å². The number of carbonyl (C=O) groups is 1. The van der Waals surface area contributed by atoms with Crippen molar-refractivity contribution < 1.29 is 9.90 Å². The van der Waals surface area contributed by atoms with Crippen molar-refractivity contribution in [3.63, 3.8) is 0 Å². The molecule has 4 nitrogen and oxygen atoms in total. The second-order valence-corrected chi connectivity index (χ2v) is 4.08. The van der Waals surface area contributed by atoms with Crippen molar-refractivity contribution in [2.24, 2.45) is 0 Å². The van der Waals surface area contributed by atoms with E-state index in [1.807, 2.05) is 0 Å². The van der Waals surface area contributed by atoms with E-state index in [2.05, 4.69) is 10.2 Å². The van der Waals surface area contributed by atoms with Crippen LogP contribution < -0.4 is 10.2 Å². The standard InChI is InChI=1S/C12H16N2O2/c1-9(15)13-11-5-4-10(16)8-12(11)14-6-2-3-7-14/h4-5,8,16H,2-3,6-7H2,1H3,(H,13,15). The lowest BCUT2D eigenvalue weighted by Crippen LogP contribution is -2.20. The van der Waals surface area contributed by atoms with Gasteiger partial charge in [-0.2, -0.15) is 0 Å². The highest BCUT2D eigenvalue weighted by Crippen LogP contribution is 2.32. The molecule has 1 aromatic rings. The monoisotopic (exact) mass is 220 g/mol. The predicted molar refractivity (Wildman–Crippen MR) is 63.9 cm³/mol. The topological polar surface area (TPSA) is 52.6 Å². The van der Waals surface area contributed by atoms with Crippen LogP contribution in [-0.2, 0) is 4.79 Å². The van der Waals surface area contributed by atoms with E-state index in [-0.39, 0.29) is 11.7 Å². The van der Waals surface area contributed by atoms with E-state index in [1.54, 1.807) is 18.2 Å². The van der Waals surface area contributed by atoms with Gasteiger partial charge in [0.05, 0.1) is 11.4 Å². The number of carbonyl (C=O) groups excluding carboxylic acids is 1. The molecular weight excluding hydrogens is 204 g/mol. The number of hydrogen-bond acceptors (Lipinski definition) is 3. The first-order valence-electron chi connectivity index (χ1n) is 5.52. The second-order valence-electron chi connectivity index (χ2n) is 4.08. The number of benzene rings is 1. The fourth-order valence-electron chi connectivity index (χ4n) is 2.04. The molecule has 16 heavy (non-hydrogen) atoms. The van der Waals surface area contributed by atoms with Crippen LogP contribution in [0, 0.1) is 0 Å². The van der Waals surface area contributed by atoms with E-state index in [1.165, 1.54) is 6.92 Å². The van der Waals surface area contributed by atoms with E-state index in [0.717, 1.165) is 37.3 Å². The maximum Gasteiger partial charge on any atom is 0.221 e. The van der Waals surface area contributed by atoms with Crippen molar-refractivity contribution in [2.45, 2.75) is 19.8 Å². The number of phenols is 1. The van der Waals surface area contributed by atoms with Gasteiger partial charge in [-0.15, -0.1) is 0 Å². The summed E-state index contributed by atoms with van der Waals surface area (Å²) in [4.78, 5) is 13.3. The van der Waals surface area contributed by atoms with Gasteiger partial charge in [0.1, 0.15) is 5.75 Å². The molecule has 0 spiro atoms. The lowest BCUT2D eigenvalue weighted by molar-refractivity contribution is -0.114. The van der Waals surface area contributed by atoms with Gasteiger partial charge in [-0.3, -0.25) is 4.79 Å². The fraction of sp³-hybridized carbons (Fsp3) is 0.417. The van der Waals surface area contributed by atoms with Gasteiger partial charge in [-0.05, 0) is 25.0 Å². The number of nitrogens with zero attached hydrogens (tertiary/aromatic N) is 1. The number of phenolic OH excluding ortho intramolecular Hbond substituents is 1. The Labute approximate surface area is 94.9 Å². The van der Waals surface area contributed by atoms with Crippen LogP contribution >= 0.6 is 0 Å². The minimum atomic E-state index is -0.0915. The summed E-state index contributed by atoms with van der Waals surface area (Å²) in [6.45, 7) is 3.45. The zero-order chi connectivity index (χ0) is 11.5. The molecule has 0 unspecified atom stereocenters. The van der Waals surface area contributed by atoms with Crippen molar-refractivity contribution in [3.8, 4) is 5.75 Å². The van der Waals surface area contributed by atoms with Crippen molar-refractivity contribution in [1.82, 2.24) is 0 Å². The molecule has 0 aromatic heterocycles. The zero-order valence-corrected chi connectivity index (χ0v) is 9.36. The first-order valence-corrected chi connectivity index (χ1v) is 5.52. The van der Waals surface area contributed by atoms with Gasteiger partial charge >= 0.3 is 0 Å². The summed E-state index contributed by atoms with van der Waals surface area (Å²) in [5, 5.41) is 12.3. The Morgan fingerprint density at radius 2 is 2.06 bits per heavy atom. The molecule has 1 aromatic carbocycles. The van der Waals surface area contributed by atoms with E-state index >= 15 is 0 Å². The maximum absolute atomic E-state index is 11.1. The largest absolute Gasteiger partial charge is 0.508 e. The quantitative estimate of drug-likeness (QED) is 0.749. The van der Waals surface area contributed by atoms with Gasteiger partial charge in [-0.25, -0.2) is 0 Å². The molecule has 2 N–H and O–H groups in total. The molecule has 0 radical (unpaired) electrons. The third-order valence-corrected chi connectivity index (χ3v) is 2.74. The normalized spacial score (nSPS) is 15.2.